The Hall–Kier alpha value is -0.860. The van der Waals surface area contributed by atoms with E-state index in [9.17, 15) is 14.7 Å². The van der Waals surface area contributed by atoms with Crippen LogP contribution in [0.25, 0.3) is 0 Å². The van der Waals surface area contributed by atoms with Gasteiger partial charge in [-0.1, -0.05) is 0 Å². The second kappa shape index (κ2) is 5.89. The third kappa shape index (κ3) is 3.65. The summed E-state index contributed by atoms with van der Waals surface area (Å²) in [6.45, 7) is -1.77. The second-order valence-electron chi connectivity index (χ2n) is 2.96. The van der Waals surface area contributed by atoms with Crippen LogP contribution in [0.3, 0.4) is 0 Å². The number of hydrogen-bond acceptors (Lipinski definition) is 7. The monoisotopic (exact) mass is 223 g/mol. The predicted molar refractivity (Wildman–Crippen MR) is 46.8 cm³/mol. The summed E-state index contributed by atoms with van der Waals surface area (Å²) in [5.41, 5.74) is 0. The minimum Gasteiger partial charge on any atom is -0.394 e. The van der Waals surface area contributed by atoms with Crippen LogP contribution >= 0.6 is 0 Å². The van der Waals surface area contributed by atoms with Crippen molar-refractivity contribution in [3.8, 4) is 0 Å². The molecule has 0 aliphatic heterocycles. The van der Waals surface area contributed by atoms with Crippen molar-refractivity contribution in [2.75, 3.05) is 6.61 Å². The molecule has 7 heteroatoms. The van der Waals surface area contributed by atoms with Crippen molar-refractivity contribution >= 4 is 11.6 Å². The molecule has 0 aliphatic carbocycles. The average molecular weight is 223 g/mol. The third-order valence-corrected chi connectivity index (χ3v) is 1.80. The maximum absolute atomic E-state index is 11.0. The summed E-state index contributed by atoms with van der Waals surface area (Å²) in [4.78, 5) is 21.7. The highest BCUT2D eigenvalue weighted by Crippen LogP contribution is 2.06. The van der Waals surface area contributed by atoms with Crippen molar-refractivity contribution in [1.82, 2.24) is 0 Å². The quantitative estimate of drug-likeness (QED) is 0.296. The van der Waals surface area contributed by atoms with Crippen LogP contribution < -0.4 is 0 Å². The van der Waals surface area contributed by atoms with Gasteiger partial charge in [0.1, 0.15) is 24.4 Å². The molecule has 7 nitrogen and oxygen atoms in total. The normalized spacial score (nSPS) is 19.9. The number of aliphatic hydroxyl groups is 5. The van der Waals surface area contributed by atoms with E-state index in [4.69, 9.17) is 21.8 Å². The van der Waals surface area contributed by atoms with Crippen LogP contribution in [-0.2, 0) is 9.59 Å². The number of carbonyl (C=O) groups is 2. The Labute approximate surface area is 87.0 Å². The third-order valence-electron chi connectivity index (χ3n) is 1.80. The van der Waals surface area contributed by atoms with Gasteiger partial charge in [0.05, 0.1) is 6.61 Å². The zero-order valence-electron chi connectivity index (χ0n) is 8.78. The molecule has 0 saturated heterocycles. The Balaban J connectivity index is 4.54. The lowest BCUT2D eigenvalue weighted by atomic mass is 9.99. The maximum Gasteiger partial charge on any atom is 0.229 e. The molecule has 0 aliphatic rings. The van der Waals surface area contributed by atoms with Crippen molar-refractivity contribution in [2.45, 2.75) is 31.3 Å². The van der Waals surface area contributed by atoms with Crippen molar-refractivity contribution in [1.29, 1.82) is 0 Å². The Bertz CT molecular complexity index is 257. The highest BCUT2D eigenvalue weighted by atomic mass is 16.4. The highest BCUT2D eigenvalue weighted by Gasteiger charge is 2.35. The van der Waals surface area contributed by atoms with Gasteiger partial charge < -0.3 is 25.5 Å². The molecular formula is C8H14O7. The average Bonchev–Trinajstić information content (AvgIpc) is 2.32. The molecule has 5 N–H and O–H groups in total. The number of rotatable bonds is 6. The predicted octanol–water partition coefficient (Wildman–Crippen LogP) is -3.42. The van der Waals surface area contributed by atoms with Gasteiger partial charge in [-0.25, -0.2) is 0 Å². The lowest BCUT2D eigenvalue weighted by molar-refractivity contribution is -0.153. The molecule has 0 spiro atoms. The number of hydrogen-bond donors (Lipinski definition) is 5. The van der Waals surface area contributed by atoms with Gasteiger partial charge in [0.2, 0.25) is 5.78 Å². The topological polar surface area (TPSA) is 135 Å². The van der Waals surface area contributed by atoms with E-state index >= 15 is 0 Å². The summed E-state index contributed by atoms with van der Waals surface area (Å²) in [7, 11) is 0. The van der Waals surface area contributed by atoms with E-state index in [0.717, 1.165) is 0 Å². The first-order chi connectivity index (χ1) is 7.36. The summed E-state index contributed by atoms with van der Waals surface area (Å²) in [5, 5.41) is 44.8. The summed E-state index contributed by atoms with van der Waals surface area (Å²) in [6, 6.07) is 0. The minimum atomic E-state index is -2.23. The van der Waals surface area contributed by atoms with Gasteiger partial charge in [-0.2, -0.15) is 0 Å². The van der Waals surface area contributed by atoms with E-state index in [0.29, 0.717) is 0 Å². The molecular weight excluding hydrogens is 208 g/mol. The molecule has 0 fully saturated rings. The second-order valence-corrected chi connectivity index (χ2v) is 2.96. The van der Waals surface area contributed by atoms with Crippen LogP contribution in [0.2, 0.25) is 0 Å². The standard InChI is InChI=1S/C8H14O7/c1-3(10)5(12)7(14)8(15)6(13)4(11)2-9/h4,6-9,11,13-15H,2H2,1H3/t4-,6-,7-,8+/m1/s1/i1D. The fraction of sp³-hybridized carbons (Fsp3) is 0.750. The summed E-state index contributed by atoms with van der Waals surface area (Å²) < 4.78 is 6.59. The van der Waals surface area contributed by atoms with E-state index in [1.54, 1.807) is 0 Å². The van der Waals surface area contributed by atoms with Crippen LogP contribution in [0.5, 0.6) is 0 Å². The molecule has 0 aromatic heterocycles. The molecule has 0 unspecified atom stereocenters. The molecule has 0 aromatic rings. The molecule has 4 atom stereocenters. The zero-order valence-corrected chi connectivity index (χ0v) is 7.78. The first kappa shape index (κ1) is 12.2. The van der Waals surface area contributed by atoms with E-state index in [1.807, 2.05) is 0 Å². The lowest BCUT2D eigenvalue weighted by Crippen LogP contribution is -2.49. The van der Waals surface area contributed by atoms with Gasteiger partial charge in [0.15, 0.2) is 5.78 Å². The lowest BCUT2D eigenvalue weighted by Gasteiger charge is -2.24. The fourth-order valence-corrected chi connectivity index (χ4v) is 0.842. The molecule has 88 valence electrons. The minimum absolute atomic E-state index is 0.883. The Morgan fingerprint density at radius 3 is 2.13 bits per heavy atom. The number of ketones is 2. The molecule has 0 amide bonds. The Morgan fingerprint density at radius 1 is 1.20 bits per heavy atom. The van der Waals surface area contributed by atoms with Crippen molar-refractivity contribution in [2.24, 2.45) is 0 Å². The van der Waals surface area contributed by atoms with Crippen LogP contribution in [0.1, 0.15) is 8.27 Å². The van der Waals surface area contributed by atoms with Gasteiger partial charge in [-0.3, -0.25) is 9.59 Å². The Morgan fingerprint density at radius 2 is 1.73 bits per heavy atom. The number of aliphatic hydroxyl groups excluding tert-OH is 5. The van der Waals surface area contributed by atoms with Gasteiger partial charge in [-0.15, -0.1) is 0 Å². The summed E-state index contributed by atoms with van der Waals surface area (Å²) >= 11 is 0. The maximum atomic E-state index is 11.0. The van der Waals surface area contributed by atoms with Gasteiger partial charge in [0, 0.05) is 8.27 Å². The largest absolute Gasteiger partial charge is 0.394 e. The van der Waals surface area contributed by atoms with E-state index in [2.05, 4.69) is 0 Å². The van der Waals surface area contributed by atoms with Crippen molar-refractivity contribution < 1.29 is 36.5 Å². The SMILES string of the molecule is [2H]CC(=O)C(=O)[C@@H](O)[C@@H](O)[C@H](O)[C@H](O)CO. The fourth-order valence-electron chi connectivity index (χ4n) is 0.842. The number of carbonyl (C=O) groups excluding carboxylic acids is 2. The Kier molecular flexibility index (Phi) is 4.79. The van der Waals surface area contributed by atoms with Gasteiger partial charge in [0.25, 0.3) is 0 Å². The van der Waals surface area contributed by atoms with Crippen LogP contribution in [-0.4, -0.2) is 68.1 Å². The van der Waals surface area contributed by atoms with E-state index in [1.165, 1.54) is 0 Å². The van der Waals surface area contributed by atoms with Crippen LogP contribution in [0.15, 0.2) is 0 Å². The molecule has 0 bridgehead atoms. The van der Waals surface area contributed by atoms with Crippen LogP contribution in [0.4, 0.5) is 0 Å². The molecule has 0 radical (unpaired) electrons. The zero-order chi connectivity index (χ0) is 12.9. The van der Waals surface area contributed by atoms with E-state index in [-0.39, 0.29) is 0 Å². The smallest absolute Gasteiger partial charge is 0.229 e. The molecule has 15 heavy (non-hydrogen) atoms. The first-order valence-corrected chi connectivity index (χ1v) is 4.06. The van der Waals surface area contributed by atoms with Gasteiger partial charge >= 0.3 is 0 Å². The van der Waals surface area contributed by atoms with E-state index < -0.39 is 49.5 Å². The summed E-state index contributed by atoms with van der Waals surface area (Å²) in [5.74, 6) is -2.65. The molecule has 0 heterocycles. The van der Waals surface area contributed by atoms with Gasteiger partial charge in [-0.05, 0) is 0 Å². The molecule has 0 aromatic carbocycles. The first-order valence-electron chi connectivity index (χ1n) is 4.76. The number of Topliss-reactive ketones (excluding diaryl/α,β-unsaturated/α-hetero) is 2. The molecule has 0 rings (SSSR count). The highest BCUT2D eigenvalue weighted by molar-refractivity contribution is 6.38. The van der Waals surface area contributed by atoms with Crippen molar-refractivity contribution in [3.05, 3.63) is 0 Å². The van der Waals surface area contributed by atoms with Crippen LogP contribution in [0, 0.1) is 0 Å². The summed E-state index contributed by atoms with van der Waals surface area (Å²) in [6.07, 6.45) is -8.05. The van der Waals surface area contributed by atoms with Crippen molar-refractivity contribution in [3.63, 3.8) is 0 Å². The molecule has 0 saturated carbocycles.